The first kappa shape index (κ1) is 13.5. The lowest BCUT2D eigenvalue weighted by atomic mass is 9.99. The smallest absolute Gasteiger partial charge is 0.0184 e. The van der Waals surface area contributed by atoms with Gasteiger partial charge in [0.25, 0.3) is 0 Å². The molecule has 0 aliphatic heterocycles. The molecule has 0 heteroatoms. The molecule has 0 N–H and O–H groups in total. The first-order chi connectivity index (χ1) is 7.75. The minimum Gasteiger partial charge on any atom is -0.0776 e. The summed E-state index contributed by atoms with van der Waals surface area (Å²) < 4.78 is 0. The van der Waals surface area contributed by atoms with E-state index in [1.165, 1.54) is 16.7 Å². The van der Waals surface area contributed by atoms with Crippen molar-refractivity contribution in [1.29, 1.82) is 0 Å². The van der Waals surface area contributed by atoms with Gasteiger partial charge >= 0.3 is 0 Å². The third-order valence-corrected chi connectivity index (χ3v) is 2.71. The molecule has 0 spiro atoms. The van der Waals surface area contributed by atoms with Crippen LogP contribution in [0, 0.1) is 5.92 Å². The molecule has 0 aliphatic rings. The van der Waals surface area contributed by atoms with Crippen LogP contribution in [-0.4, -0.2) is 0 Å². The van der Waals surface area contributed by atoms with Crippen molar-refractivity contribution in [3.63, 3.8) is 0 Å². The van der Waals surface area contributed by atoms with E-state index in [9.17, 15) is 0 Å². The largest absolute Gasteiger partial charge is 0.0776 e. The van der Waals surface area contributed by atoms with Crippen LogP contribution in [0.2, 0.25) is 0 Å². The normalized spacial score (nSPS) is 10.1. The van der Waals surface area contributed by atoms with Crippen molar-refractivity contribution in [1.82, 2.24) is 0 Å². The van der Waals surface area contributed by atoms with Crippen molar-refractivity contribution in [2.24, 2.45) is 5.92 Å². The van der Waals surface area contributed by atoms with Gasteiger partial charge in [-0.15, -0.1) is 0 Å². The first-order valence-electron chi connectivity index (χ1n) is 5.90. The second kappa shape index (κ2) is 6.24. The van der Waals surface area contributed by atoms with Crippen molar-refractivity contribution in [2.75, 3.05) is 0 Å². The Morgan fingerprint density at radius 3 is 1.82 bits per heavy atom. The maximum atomic E-state index is 2.26. The zero-order valence-electron chi connectivity index (χ0n) is 9.98. The standard InChI is InChI=1S/C16H18.CH4/c1-13(2)12-14-8-10-16(11-9-14)15-6-4-3-5-7-15;/h3-11,13H,12H2,1-2H3;1H4. The highest BCUT2D eigenvalue weighted by Crippen LogP contribution is 2.20. The van der Waals surface area contributed by atoms with Gasteiger partial charge in [0, 0.05) is 0 Å². The highest BCUT2D eigenvalue weighted by Gasteiger charge is 1.99. The fraction of sp³-hybridized carbons (Fsp3) is 0.294. The molecule has 0 saturated carbocycles. The van der Waals surface area contributed by atoms with Gasteiger partial charge in [-0.25, -0.2) is 0 Å². The summed E-state index contributed by atoms with van der Waals surface area (Å²) in [7, 11) is 0. The van der Waals surface area contributed by atoms with Gasteiger partial charge in [0.05, 0.1) is 0 Å². The summed E-state index contributed by atoms with van der Waals surface area (Å²) in [4.78, 5) is 0. The SMILES string of the molecule is C.CC(C)Cc1ccc(-c2ccccc2)cc1. The lowest BCUT2D eigenvalue weighted by Gasteiger charge is -2.06. The van der Waals surface area contributed by atoms with Gasteiger partial charge in [0.15, 0.2) is 0 Å². The summed E-state index contributed by atoms with van der Waals surface area (Å²) in [5, 5.41) is 0. The number of rotatable bonds is 3. The van der Waals surface area contributed by atoms with Crippen molar-refractivity contribution in [2.45, 2.75) is 27.7 Å². The maximum absolute atomic E-state index is 2.26. The zero-order chi connectivity index (χ0) is 11.4. The molecule has 0 bridgehead atoms. The molecular formula is C17H22. The maximum Gasteiger partial charge on any atom is -0.0184 e. The minimum absolute atomic E-state index is 0. The molecule has 0 nitrogen and oxygen atoms in total. The third kappa shape index (κ3) is 3.74. The molecule has 0 fully saturated rings. The molecule has 0 aromatic heterocycles. The van der Waals surface area contributed by atoms with Gasteiger partial charge in [0.2, 0.25) is 0 Å². The van der Waals surface area contributed by atoms with Crippen molar-refractivity contribution < 1.29 is 0 Å². The fourth-order valence-corrected chi connectivity index (χ4v) is 1.94. The van der Waals surface area contributed by atoms with E-state index in [0.29, 0.717) is 0 Å². The Bertz CT molecular complexity index is 423. The molecule has 0 aliphatic carbocycles. The van der Waals surface area contributed by atoms with Gasteiger partial charge in [0.1, 0.15) is 0 Å². The van der Waals surface area contributed by atoms with E-state index in [1.807, 2.05) is 0 Å². The summed E-state index contributed by atoms with van der Waals surface area (Å²) in [5.74, 6) is 0.725. The fourth-order valence-electron chi connectivity index (χ4n) is 1.94. The molecule has 2 aromatic carbocycles. The molecule has 0 heterocycles. The van der Waals surface area contributed by atoms with Gasteiger partial charge in [-0.05, 0) is 29.0 Å². The molecule has 2 rings (SSSR count). The van der Waals surface area contributed by atoms with Gasteiger partial charge in [-0.2, -0.15) is 0 Å². The Morgan fingerprint density at radius 2 is 1.29 bits per heavy atom. The van der Waals surface area contributed by atoms with E-state index in [1.54, 1.807) is 0 Å². The lowest BCUT2D eigenvalue weighted by molar-refractivity contribution is 0.647. The molecule has 0 saturated heterocycles. The quantitative estimate of drug-likeness (QED) is 0.675. The molecule has 0 atom stereocenters. The molecule has 2 aromatic rings. The predicted octanol–water partition coefficient (Wildman–Crippen LogP) is 5.19. The van der Waals surface area contributed by atoms with E-state index in [-0.39, 0.29) is 7.43 Å². The van der Waals surface area contributed by atoms with Gasteiger partial charge in [-0.3, -0.25) is 0 Å². The van der Waals surface area contributed by atoms with Crippen molar-refractivity contribution in [3.05, 3.63) is 60.2 Å². The second-order valence-corrected chi connectivity index (χ2v) is 4.66. The van der Waals surface area contributed by atoms with Gasteiger partial charge in [-0.1, -0.05) is 75.9 Å². The summed E-state index contributed by atoms with van der Waals surface area (Å²) in [6, 6.07) is 19.4. The number of hydrogen-bond donors (Lipinski definition) is 0. The molecule has 0 radical (unpaired) electrons. The minimum atomic E-state index is 0. The summed E-state index contributed by atoms with van der Waals surface area (Å²) in [6.07, 6.45) is 1.16. The predicted molar refractivity (Wildman–Crippen MR) is 77.2 cm³/mol. The number of hydrogen-bond acceptors (Lipinski definition) is 0. The monoisotopic (exact) mass is 226 g/mol. The molecule has 90 valence electrons. The van der Waals surface area contributed by atoms with Crippen LogP contribution in [0.1, 0.15) is 26.8 Å². The average molecular weight is 226 g/mol. The molecule has 0 unspecified atom stereocenters. The molecular weight excluding hydrogens is 204 g/mol. The second-order valence-electron chi connectivity index (χ2n) is 4.66. The van der Waals surface area contributed by atoms with Gasteiger partial charge < -0.3 is 0 Å². The van der Waals surface area contributed by atoms with Crippen LogP contribution in [0.25, 0.3) is 11.1 Å². The van der Waals surface area contributed by atoms with E-state index >= 15 is 0 Å². The van der Waals surface area contributed by atoms with Crippen LogP contribution in [0.5, 0.6) is 0 Å². The summed E-state index contributed by atoms with van der Waals surface area (Å²) in [6.45, 7) is 4.51. The Labute approximate surface area is 105 Å². The van der Waals surface area contributed by atoms with E-state index in [0.717, 1.165) is 12.3 Å². The van der Waals surface area contributed by atoms with Crippen LogP contribution < -0.4 is 0 Å². The van der Waals surface area contributed by atoms with E-state index in [2.05, 4.69) is 68.4 Å². The number of benzene rings is 2. The average Bonchev–Trinajstić information content (AvgIpc) is 2.30. The van der Waals surface area contributed by atoms with Crippen LogP contribution in [0.15, 0.2) is 54.6 Å². The first-order valence-corrected chi connectivity index (χ1v) is 5.90. The Balaban J connectivity index is 0.00000144. The van der Waals surface area contributed by atoms with E-state index < -0.39 is 0 Å². The van der Waals surface area contributed by atoms with Crippen molar-refractivity contribution >= 4 is 0 Å². The summed E-state index contributed by atoms with van der Waals surface area (Å²) >= 11 is 0. The molecule has 17 heavy (non-hydrogen) atoms. The Hall–Kier alpha value is -1.56. The third-order valence-electron chi connectivity index (χ3n) is 2.71. The zero-order valence-corrected chi connectivity index (χ0v) is 9.98. The topological polar surface area (TPSA) is 0 Å². The van der Waals surface area contributed by atoms with Crippen LogP contribution in [-0.2, 0) is 6.42 Å². The van der Waals surface area contributed by atoms with Crippen LogP contribution >= 0.6 is 0 Å². The highest BCUT2D eigenvalue weighted by atomic mass is 14.0. The van der Waals surface area contributed by atoms with Crippen LogP contribution in [0.4, 0.5) is 0 Å². The Kier molecular flexibility index (Phi) is 4.96. The summed E-state index contributed by atoms with van der Waals surface area (Å²) in [5.41, 5.74) is 4.02. The van der Waals surface area contributed by atoms with Crippen molar-refractivity contribution in [3.8, 4) is 11.1 Å². The Morgan fingerprint density at radius 1 is 0.765 bits per heavy atom. The molecule has 0 amide bonds. The van der Waals surface area contributed by atoms with Crippen LogP contribution in [0.3, 0.4) is 0 Å². The van der Waals surface area contributed by atoms with E-state index in [4.69, 9.17) is 0 Å². The lowest BCUT2D eigenvalue weighted by Crippen LogP contribution is -1.93. The highest BCUT2D eigenvalue weighted by molar-refractivity contribution is 5.63.